The first kappa shape index (κ1) is 25.0. The van der Waals surface area contributed by atoms with E-state index in [9.17, 15) is 19.5 Å². The average Bonchev–Trinajstić information content (AvgIpc) is 2.93. The number of ether oxygens (including phenoxy) is 4. The van der Waals surface area contributed by atoms with E-state index >= 15 is 0 Å². The van der Waals surface area contributed by atoms with Gasteiger partial charge in [0.2, 0.25) is 0 Å². The summed E-state index contributed by atoms with van der Waals surface area (Å²) in [6.07, 6.45) is 0. The molecule has 4 aromatic carbocycles. The van der Waals surface area contributed by atoms with Gasteiger partial charge in [0.1, 0.15) is 23.0 Å². The van der Waals surface area contributed by atoms with Gasteiger partial charge in [-0.2, -0.15) is 0 Å². The Labute approximate surface area is 212 Å². The highest BCUT2D eigenvalue weighted by Gasteiger charge is 2.18. The minimum atomic E-state index is -0.618. The van der Waals surface area contributed by atoms with E-state index < -0.39 is 17.9 Å². The molecule has 37 heavy (non-hydrogen) atoms. The van der Waals surface area contributed by atoms with E-state index in [4.69, 9.17) is 18.9 Å². The largest absolute Gasteiger partial charge is 0.508 e. The molecule has 0 saturated carbocycles. The maximum Gasteiger partial charge on any atom is 0.343 e. The fourth-order valence-corrected chi connectivity index (χ4v) is 3.50. The van der Waals surface area contributed by atoms with E-state index in [0.717, 1.165) is 0 Å². The lowest BCUT2D eigenvalue weighted by atomic mass is 9.99. The quantitative estimate of drug-likeness (QED) is 0.270. The number of methoxy groups -OCH3 is 2. The minimum absolute atomic E-state index is 0.0291. The van der Waals surface area contributed by atoms with Gasteiger partial charge in [-0.1, -0.05) is 12.1 Å². The summed E-state index contributed by atoms with van der Waals surface area (Å²) in [5, 5.41) is 9.42. The van der Waals surface area contributed by atoms with Crippen molar-refractivity contribution in [1.29, 1.82) is 0 Å². The molecular weight excluding hydrogens is 476 g/mol. The van der Waals surface area contributed by atoms with Crippen LogP contribution in [0.3, 0.4) is 0 Å². The Morgan fingerprint density at radius 1 is 0.622 bits per heavy atom. The highest BCUT2D eigenvalue weighted by molar-refractivity contribution is 5.98. The number of phenolic OH excluding ortho intramolecular Hbond substituents is 1. The number of carbonyl (C=O) groups excluding carboxylic acids is 3. The SMILES string of the molecule is COC(=O)c1ccc(OC(=O)c2ccc(OC)cc2)cc1-c1cccc(OC(=O)c2ccc(O)cc2)c1. The van der Waals surface area contributed by atoms with E-state index in [1.807, 2.05) is 0 Å². The molecule has 0 bridgehead atoms. The molecule has 186 valence electrons. The first-order chi connectivity index (χ1) is 17.9. The fraction of sp³-hybridized carbons (Fsp3) is 0.0690. The summed E-state index contributed by atoms with van der Waals surface area (Å²) >= 11 is 0. The first-order valence-electron chi connectivity index (χ1n) is 11.1. The van der Waals surface area contributed by atoms with Crippen molar-refractivity contribution in [2.24, 2.45) is 0 Å². The molecule has 8 heteroatoms. The zero-order valence-corrected chi connectivity index (χ0v) is 20.0. The maximum atomic E-state index is 12.6. The molecule has 0 aliphatic heterocycles. The Balaban J connectivity index is 1.62. The number of carbonyl (C=O) groups is 3. The number of rotatable bonds is 7. The van der Waals surface area contributed by atoms with Crippen LogP contribution >= 0.6 is 0 Å². The lowest BCUT2D eigenvalue weighted by molar-refractivity contribution is 0.0600. The third kappa shape index (κ3) is 5.94. The third-order valence-corrected chi connectivity index (χ3v) is 5.39. The smallest absolute Gasteiger partial charge is 0.343 e. The first-order valence-corrected chi connectivity index (χ1v) is 11.1. The molecule has 0 aliphatic carbocycles. The highest BCUT2D eigenvalue weighted by atomic mass is 16.5. The van der Waals surface area contributed by atoms with Gasteiger partial charge in [-0.25, -0.2) is 14.4 Å². The monoisotopic (exact) mass is 498 g/mol. The van der Waals surface area contributed by atoms with Gasteiger partial charge >= 0.3 is 17.9 Å². The molecule has 0 spiro atoms. The van der Waals surface area contributed by atoms with Crippen LogP contribution in [0.25, 0.3) is 11.1 Å². The Morgan fingerprint density at radius 3 is 1.78 bits per heavy atom. The van der Waals surface area contributed by atoms with Gasteiger partial charge in [0.15, 0.2) is 0 Å². The molecule has 0 heterocycles. The normalized spacial score (nSPS) is 10.3. The lowest BCUT2D eigenvalue weighted by Gasteiger charge is -2.13. The van der Waals surface area contributed by atoms with Crippen molar-refractivity contribution in [1.82, 2.24) is 0 Å². The maximum absolute atomic E-state index is 12.6. The van der Waals surface area contributed by atoms with Crippen LogP contribution in [0.5, 0.6) is 23.0 Å². The van der Waals surface area contributed by atoms with E-state index in [0.29, 0.717) is 22.4 Å². The summed E-state index contributed by atoms with van der Waals surface area (Å²) in [6.45, 7) is 0. The molecule has 0 radical (unpaired) electrons. The molecule has 0 unspecified atom stereocenters. The van der Waals surface area contributed by atoms with Gasteiger partial charge in [0.25, 0.3) is 0 Å². The third-order valence-electron chi connectivity index (χ3n) is 5.39. The van der Waals surface area contributed by atoms with E-state index in [1.54, 1.807) is 48.5 Å². The van der Waals surface area contributed by atoms with E-state index in [1.165, 1.54) is 56.7 Å². The number of hydrogen-bond donors (Lipinski definition) is 1. The zero-order valence-electron chi connectivity index (χ0n) is 20.0. The number of benzene rings is 4. The Kier molecular flexibility index (Phi) is 7.49. The number of phenols is 1. The van der Waals surface area contributed by atoms with Crippen LogP contribution in [0, 0.1) is 0 Å². The molecule has 8 nitrogen and oxygen atoms in total. The van der Waals surface area contributed by atoms with Crippen molar-refractivity contribution in [3.8, 4) is 34.1 Å². The molecule has 0 amide bonds. The standard InChI is InChI=1S/C29H22O8/c1-34-22-12-8-19(9-13-22)28(32)37-24-14-15-25(29(33)35-2)26(17-24)20-4-3-5-23(16-20)36-27(31)18-6-10-21(30)11-7-18/h3-17,30H,1-2H3. The summed E-state index contributed by atoms with van der Waals surface area (Å²) in [5.41, 5.74) is 1.75. The molecule has 0 aliphatic rings. The Bertz CT molecular complexity index is 1440. The van der Waals surface area contributed by atoms with Crippen LogP contribution in [0.1, 0.15) is 31.1 Å². The molecule has 4 rings (SSSR count). The van der Waals surface area contributed by atoms with Crippen LogP contribution in [0.4, 0.5) is 0 Å². The van der Waals surface area contributed by atoms with Crippen LogP contribution in [0.2, 0.25) is 0 Å². The molecule has 0 saturated heterocycles. The van der Waals surface area contributed by atoms with Crippen LogP contribution < -0.4 is 14.2 Å². The predicted molar refractivity (Wildman–Crippen MR) is 134 cm³/mol. The van der Waals surface area contributed by atoms with Crippen LogP contribution in [-0.4, -0.2) is 37.2 Å². The molecule has 4 aromatic rings. The van der Waals surface area contributed by atoms with Gasteiger partial charge < -0.3 is 24.1 Å². The summed E-state index contributed by atoms with van der Waals surface area (Å²) in [5.74, 6) is -0.728. The van der Waals surface area contributed by atoms with E-state index in [2.05, 4.69) is 0 Å². The zero-order chi connectivity index (χ0) is 26.4. The van der Waals surface area contributed by atoms with E-state index in [-0.39, 0.29) is 28.4 Å². The molecule has 0 fully saturated rings. The molecule has 0 aromatic heterocycles. The van der Waals surface area contributed by atoms with Crippen molar-refractivity contribution < 1.29 is 38.4 Å². The van der Waals surface area contributed by atoms with Crippen molar-refractivity contribution in [2.75, 3.05) is 14.2 Å². The van der Waals surface area contributed by atoms with Gasteiger partial charge in [-0.3, -0.25) is 0 Å². The summed E-state index contributed by atoms with van der Waals surface area (Å²) in [4.78, 5) is 37.6. The fourth-order valence-electron chi connectivity index (χ4n) is 3.50. The summed E-state index contributed by atoms with van der Waals surface area (Å²) in [6, 6.07) is 23.2. The minimum Gasteiger partial charge on any atom is -0.508 e. The van der Waals surface area contributed by atoms with Crippen molar-refractivity contribution in [2.45, 2.75) is 0 Å². The second-order valence-electron chi connectivity index (χ2n) is 7.78. The van der Waals surface area contributed by atoms with Crippen molar-refractivity contribution in [3.05, 3.63) is 108 Å². The second kappa shape index (κ2) is 11.1. The van der Waals surface area contributed by atoms with Crippen LogP contribution in [-0.2, 0) is 4.74 Å². The average molecular weight is 498 g/mol. The topological polar surface area (TPSA) is 108 Å². The Hall–Kier alpha value is -5.11. The van der Waals surface area contributed by atoms with Gasteiger partial charge in [0.05, 0.1) is 30.9 Å². The van der Waals surface area contributed by atoms with Gasteiger partial charge in [-0.15, -0.1) is 0 Å². The Morgan fingerprint density at radius 2 is 1.19 bits per heavy atom. The van der Waals surface area contributed by atoms with Crippen molar-refractivity contribution >= 4 is 17.9 Å². The predicted octanol–water partition coefficient (Wildman–Crippen LogP) is 5.29. The lowest BCUT2D eigenvalue weighted by Crippen LogP contribution is -2.10. The number of esters is 3. The van der Waals surface area contributed by atoms with Gasteiger partial charge in [-0.05, 0) is 90.0 Å². The molecule has 1 N–H and O–H groups in total. The number of hydrogen-bond acceptors (Lipinski definition) is 8. The number of aromatic hydroxyl groups is 1. The molecular formula is C29H22O8. The second-order valence-corrected chi connectivity index (χ2v) is 7.78. The van der Waals surface area contributed by atoms with Crippen molar-refractivity contribution in [3.63, 3.8) is 0 Å². The summed E-state index contributed by atoms with van der Waals surface area (Å²) in [7, 11) is 2.79. The summed E-state index contributed by atoms with van der Waals surface area (Å²) < 4.78 is 21.0. The van der Waals surface area contributed by atoms with Crippen LogP contribution in [0.15, 0.2) is 91.0 Å². The highest BCUT2D eigenvalue weighted by Crippen LogP contribution is 2.32. The van der Waals surface area contributed by atoms with Gasteiger partial charge in [0, 0.05) is 0 Å². The molecule has 0 atom stereocenters.